The van der Waals surface area contributed by atoms with Crippen LogP contribution in [0, 0.1) is 10.1 Å². The molecule has 0 bridgehead atoms. The Balaban J connectivity index is 1.62. The number of nitro benzene ring substituents is 1. The molecule has 0 saturated heterocycles. The molecule has 1 heterocycles. The molecule has 2 N–H and O–H groups in total. The molecule has 0 unspecified atom stereocenters. The Labute approximate surface area is 166 Å². The van der Waals surface area contributed by atoms with Gasteiger partial charge in [-0.1, -0.05) is 0 Å². The minimum Gasteiger partial charge on any atom is -0.497 e. The smallest absolute Gasteiger partial charge is 0.269 e. The largest absolute Gasteiger partial charge is 0.497 e. The number of hydrazone groups is 1. The number of aromatic nitrogens is 1. The van der Waals surface area contributed by atoms with E-state index in [2.05, 4.69) is 15.8 Å². The van der Waals surface area contributed by atoms with Crippen LogP contribution in [0.25, 0.3) is 5.69 Å². The highest BCUT2D eigenvalue weighted by Gasteiger charge is 2.06. The van der Waals surface area contributed by atoms with Crippen molar-refractivity contribution in [2.75, 3.05) is 12.4 Å². The summed E-state index contributed by atoms with van der Waals surface area (Å²) in [5.74, 6) is 0.759. The number of anilines is 1. The molecule has 0 saturated carbocycles. The molecule has 142 valence electrons. The summed E-state index contributed by atoms with van der Waals surface area (Å²) in [5.41, 5.74) is 5.18. The van der Waals surface area contributed by atoms with Crippen LogP contribution in [0.3, 0.4) is 0 Å². The molecule has 0 aliphatic rings. The summed E-state index contributed by atoms with van der Waals surface area (Å²) in [6.07, 6.45) is 3.46. The molecule has 0 fully saturated rings. The molecule has 0 spiro atoms. The molecular formula is C19H17N5O3S. The Morgan fingerprint density at radius 1 is 1.18 bits per heavy atom. The molecular weight excluding hydrogens is 378 g/mol. The summed E-state index contributed by atoms with van der Waals surface area (Å²) < 4.78 is 6.97. The summed E-state index contributed by atoms with van der Waals surface area (Å²) in [7, 11) is 1.61. The second-order valence-electron chi connectivity index (χ2n) is 5.63. The lowest BCUT2D eigenvalue weighted by Gasteiger charge is -2.08. The summed E-state index contributed by atoms with van der Waals surface area (Å²) in [4.78, 5) is 10.4. The highest BCUT2D eigenvalue weighted by Crippen LogP contribution is 2.17. The van der Waals surface area contributed by atoms with E-state index in [-0.39, 0.29) is 5.69 Å². The molecule has 8 nitrogen and oxygen atoms in total. The Hall–Kier alpha value is -3.72. The van der Waals surface area contributed by atoms with Crippen molar-refractivity contribution < 1.29 is 9.66 Å². The van der Waals surface area contributed by atoms with E-state index in [0.717, 1.165) is 22.8 Å². The van der Waals surface area contributed by atoms with E-state index in [1.54, 1.807) is 25.5 Å². The fourth-order valence-corrected chi connectivity index (χ4v) is 2.63. The van der Waals surface area contributed by atoms with Crippen LogP contribution in [0.15, 0.2) is 72.0 Å². The van der Waals surface area contributed by atoms with Crippen LogP contribution in [-0.2, 0) is 0 Å². The molecule has 0 atom stereocenters. The van der Waals surface area contributed by atoms with Gasteiger partial charge in [-0.05, 0) is 60.7 Å². The van der Waals surface area contributed by atoms with Crippen molar-refractivity contribution >= 4 is 34.9 Å². The summed E-state index contributed by atoms with van der Waals surface area (Å²) >= 11 is 5.22. The van der Waals surface area contributed by atoms with Crippen LogP contribution in [-0.4, -0.2) is 27.9 Å². The number of rotatable bonds is 6. The van der Waals surface area contributed by atoms with Crippen molar-refractivity contribution in [1.29, 1.82) is 0 Å². The highest BCUT2D eigenvalue weighted by atomic mass is 32.1. The Kier molecular flexibility index (Phi) is 5.97. The number of non-ortho nitro benzene ring substituents is 1. The van der Waals surface area contributed by atoms with Crippen molar-refractivity contribution in [1.82, 2.24) is 9.99 Å². The lowest BCUT2D eigenvalue weighted by molar-refractivity contribution is -0.384. The SMILES string of the molecule is COc1ccc(NC(=S)N/N=C\c2cccn2-c2ccc([N+](=O)[O-])cc2)cc1. The summed E-state index contributed by atoms with van der Waals surface area (Å²) in [6, 6.07) is 17.3. The second kappa shape index (κ2) is 8.78. The Morgan fingerprint density at radius 2 is 1.89 bits per heavy atom. The van der Waals surface area contributed by atoms with Gasteiger partial charge in [-0.15, -0.1) is 0 Å². The monoisotopic (exact) mass is 395 g/mol. The first-order valence-corrected chi connectivity index (χ1v) is 8.64. The normalized spacial score (nSPS) is 10.6. The first kappa shape index (κ1) is 19.1. The summed E-state index contributed by atoms with van der Waals surface area (Å²) in [5, 5.41) is 18.3. The molecule has 1 aromatic heterocycles. The van der Waals surface area contributed by atoms with E-state index in [4.69, 9.17) is 17.0 Å². The van der Waals surface area contributed by atoms with Gasteiger partial charge in [0.2, 0.25) is 0 Å². The maximum absolute atomic E-state index is 10.8. The number of nitrogens with zero attached hydrogens (tertiary/aromatic N) is 3. The van der Waals surface area contributed by atoms with Crippen LogP contribution in [0.2, 0.25) is 0 Å². The van der Waals surface area contributed by atoms with Gasteiger partial charge < -0.3 is 14.6 Å². The zero-order valence-electron chi connectivity index (χ0n) is 14.9. The molecule has 0 radical (unpaired) electrons. The van der Waals surface area contributed by atoms with Crippen LogP contribution >= 0.6 is 12.2 Å². The van der Waals surface area contributed by atoms with Gasteiger partial charge in [-0.25, -0.2) is 0 Å². The van der Waals surface area contributed by atoms with Gasteiger partial charge in [0.15, 0.2) is 5.11 Å². The molecule has 0 aliphatic carbocycles. The van der Waals surface area contributed by atoms with Gasteiger partial charge in [0.1, 0.15) is 5.75 Å². The molecule has 3 rings (SSSR count). The number of ether oxygens (including phenoxy) is 1. The lowest BCUT2D eigenvalue weighted by atomic mass is 10.3. The standard InChI is InChI=1S/C19H17N5O3S/c1-27-18-10-4-14(5-11-18)21-19(28)22-20-13-17-3-2-12-23(17)15-6-8-16(9-7-15)24(25)26/h2-13H,1H3,(H2,21,22,28)/b20-13-. The predicted molar refractivity (Wildman–Crippen MR) is 112 cm³/mol. The number of benzene rings is 2. The third-order valence-electron chi connectivity index (χ3n) is 3.83. The number of nitrogens with one attached hydrogen (secondary N) is 2. The van der Waals surface area contributed by atoms with Crippen molar-refractivity contribution in [3.63, 3.8) is 0 Å². The fraction of sp³-hybridized carbons (Fsp3) is 0.0526. The third-order valence-corrected chi connectivity index (χ3v) is 4.02. The predicted octanol–water partition coefficient (Wildman–Crippen LogP) is 3.71. The molecule has 2 aromatic carbocycles. The van der Waals surface area contributed by atoms with E-state index >= 15 is 0 Å². The van der Waals surface area contributed by atoms with Gasteiger partial charge in [-0.2, -0.15) is 5.10 Å². The minimum absolute atomic E-state index is 0.0442. The quantitative estimate of drug-likeness (QED) is 0.286. The maximum atomic E-state index is 10.8. The van der Waals surface area contributed by atoms with E-state index in [9.17, 15) is 10.1 Å². The van der Waals surface area contributed by atoms with Crippen LogP contribution in [0.1, 0.15) is 5.69 Å². The zero-order valence-corrected chi connectivity index (χ0v) is 15.7. The number of nitro groups is 1. The van der Waals surface area contributed by atoms with Gasteiger partial charge in [0.25, 0.3) is 5.69 Å². The minimum atomic E-state index is -0.428. The number of hydrogen-bond donors (Lipinski definition) is 2. The molecule has 9 heteroatoms. The summed E-state index contributed by atoms with van der Waals surface area (Å²) in [6.45, 7) is 0. The van der Waals surface area contributed by atoms with Crippen molar-refractivity contribution in [2.24, 2.45) is 5.10 Å². The van der Waals surface area contributed by atoms with Gasteiger partial charge in [0.05, 0.1) is 23.9 Å². The first-order valence-electron chi connectivity index (χ1n) is 8.23. The van der Waals surface area contributed by atoms with Gasteiger partial charge >= 0.3 is 0 Å². The van der Waals surface area contributed by atoms with E-state index in [0.29, 0.717) is 5.11 Å². The molecule has 28 heavy (non-hydrogen) atoms. The molecule has 3 aromatic rings. The van der Waals surface area contributed by atoms with Crippen molar-refractivity contribution in [3.05, 3.63) is 82.7 Å². The van der Waals surface area contributed by atoms with Crippen LogP contribution in [0.5, 0.6) is 5.75 Å². The number of thiocarbonyl (C=S) groups is 1. The zero-order chi connectivity index (χ0) is 19.9. The van der Waals surface area contributed by atoms with Gasteiger partial charge in [0, 0.05) is 29.7 Å². The molecule has 0 amide bonds. The Bertz CT molecular complexity index is 997. The van der Waals surface area contributed by atoms with Gasteiger partial charge in [-0.3, -0.25) is 15.5 Å². The average molecular weight is 395 g/mol. The highest BCUT2D eigenvalue weighted by molar-refractivity contribution is 7.80. The third kappa shape index (κ3) is 4.71. The van der Waals surface area contributed by atoms with E-state index in [1.807, 2.05) is 47.2 Å². The number of methoxy groups -OCH3 is 1. The van der Waals surface area contributed by atoms with Crippen LogP contribution in [0.4, 0.5) is 11.4 Å². The fourth-order valence-electron chi connectivity index (χ4n) is 2.46. The maximum Gasteiger partial charge on any atom is 0.269 e. The lowest BCUT2D eigenvalue weighted by Crippen LogP contribution is -2.23. The number of hydrogen-bond acceptors (Lipinski definition) is 5. The van der Waals surface area contributed by atoms with Crippen molar-refractivity contribution in [2.45, 2.75) is 0 Å². The molecule has 0 aliphatic heterocycles. The van der Waals surface area contributed by atoms with Crippen LogP contribution < -0.4 is 15.5 Å². The average Bonchev–Trinajstić information content (AvgIpc) is 3.17. The second-order valence-corrected chi connectivity index (χ2v) is 6.04. The van der Waals surface area contributed by atoms with E-state index in [1.165, 1.54) is 12.1 Å². The van der Waals surface area contributed by atoms with E-state index < -0.39 is 4.92 Å². The topological polar surface area (TPSA) is 93.7 Å². The van der Waals surface area contributed by atoms with Crippen molar-refractivity contribution in [3.8, 4) is 11.4 Å². The first-order chi connectivity index (χ1) is 13.6. The Morgan fingerprint density at radius 3 is 2.54 bits per heavy atom.